The molecule has 0 spiro atoms. The standard InChI is InChI=1S/C25H42N4O2.HI/c1-6-20(7-2)24(30)29-16-13-21(14-17-29)28-25(26-8-3)27-15-18-31-23-12-10-9-11-22(23)19(4)5;/h9-12,19-21H,6-8,13-18H2,1-5H3,(H2,26,27,28);1H. The lowest BCUT2D eigenvalue weighted by atomic mass is 9.98. The molecule has 6 nitrogen and oxygen atoms in total. The Kier molecular flexibility index (Phi) is 13.7. The Bertz CT molecular complexity index is 699. The smallest absolute Gasteiger partial charge is 0.225 e. The third-order valence-corrected chi connectivity index (χ3v) is 5.99. The molecule has 1 aromatic carbocycles. The van der Waals surface area contributed by atoms with Crippen LogP contribution in [0.5, 0.6) is 5.75 Å². The van der Waals surface area contributed by atoms with Gasteiger partial charge in [-0.15, -0.1) is 24.0 Å². The lowest BCUT2D eigenvalue weighted by molar-refractivity contribution is -0.136. The first-order valence-corrected chi connectivity index (χ1v) is 12.0. The Morgan fingerprint density at radius 3 is 2.41 bits per heavy atom. The fourth-order valence-electron chi connectivity index (χ4n) is 4.06. The molecule has 1 heterocycles. The van der Waals surface area contributed by atoms with Crippen molar-refractivity contribution >= 4 is 35.8 Å². The molecule has 1 fully saturated rings. The molecular formula is C25H43IN4O2. The molecule has 0 bridgehead atoms. The minimum absolute atomic E-state index is 0. The van der Waals surface area contributed by atoms with E-state index < -0.39 is 0 Å². The first-order valence-electron chi connectivity index (χ1n) is 12.0. The predicted octanol–water partition coefficient (Wildman–Crippen LogP) is 4.79. The molecule has 0 aromatic heterocycles. The Hall–Kier alpha value is -1.51. The van der Waals surface area contributed by atoms with Crippen LogP contribution in [0.25, 0.3) is 0 Å². The lowest BCUT2D eigenvalue weighted by Gasteiger charge is -2.34. The van der Waals surface area contributed by atoms with E-state index in [1.54, 1.807) is 0 Å². The maximum Gasteiger partial charge on any atom is 0.225 e. The number of nitrogens with one attached hydrogen (secondary N) is 2. The van der Waals surface area contributed by atoms with Crippen LogP contribution in [0.15, 0.2) is 29.3 Å². The molecule has 0 saturated carbocycles. The Morgan fingerprint density at radius 2 is 1.81 bits per heavy atom. The molecule has 0 unspecified atom stereocenters. The van der Waals surface area contributed by atoms with Crippen molar-refractivity contribution in [1.29, 1.82) is 0 Å². The average Bonchev–Trinajstić information content (AvgIpc) is 2.78. The number of nitrogens with zero attached hydrogens (tertiary/aromatic N) is 2. The van der Waals surface area contributed by atoms with Crippen molar-refractivity contribution in [2.45, 2.75) is 72.3 Å². The van der Waals surface area contributed by atoms with Crippen molar-refractivity contribution in [3.8, 4) is 5.75 Å². The molecule has 182 valence electrons. The molecule has 2 N–H and O–H groups in total. The van der Waals surface area contributed by atoms with E-state index in [1.165, 1.54) is 5.56 Å². The molecule has 0 aliphatic carbocycles. The molecule has 1 aromatic rings. The van der Waals surface area contributed by atoms with Crippen LogP contribution in [0.1, 0.15) is 71.8 Å². The normalized spacial score (nSPS) is 15.0. The quantitative estimate of drug-likeness (QED) is 0.188. The summed E-state index contributed by atoms with van der Waals surface area (Å²) >= 11 is 0. The third kappa shape index (κ3) is 8.79. The molecule has 1 saturated heterocycles. The number of ether oxygens (including phenoxy) is 1. The van der Waals surface area contributed by atoms with Gasteiger partial charge in [0.15, 0.2) is 5.96 Å². The topological polar surface area (TPSA) is 66.0 Å². The Labute approximate surface area is 212 Å². The van der Waals surface area contributed by atoms with Crippen LogP contribution in [0, 0.1) is 5.92 Å². The van der Waals surface area contributed by atoms with Crippen molar-refractivity contribution in [3.63, 3.8) is 0 Å². The van der Waals surface area contributed by atoms with Crippen LogP contribution in [0.3, 0.4) is 0 Å². The minimum atomic E-state index is 0. The predicted molar refractivity (Wildman–Crippen MR) is 144 cm³/mol. The molecular weight excluding hydrogens is 515 g/mol. The largest absolute Gasteiger partial charge is 0.491 e. The van der Waals surface area contributed by atoms with Gasteiger partial charge in [-0.3, -0.25) is 4.79 Å². The van der Waals surface area contributed by atoms with Gasteiger partial charge in [-0.1, -0.05) is 45.9 Å². The van der Waals surface area contributed by atoms with E-state index in [1.807, 2.05) is 17.0 Å². The number of hydrogen-bond acceptors (Lipinski definition) is 3. The average molecular weight is 559 g/mol. The zero-order valence-corrected chi connectivity index (χ0v) is 22.9. The maximum atomic E-state index is 12.6. The summed E-state index contributed by atoms with van der Waals surface area (Å²) < 4.78 is 5.99. The van der Waals surface area contributed by atoms with Crippen molar-refractivity contribution in [1.82, 2.24) is 15.5 Å². The second kappa shape index (κ2) is 15.3. The van der Waals surface area contributed by atoms with Gasteiger partial charge in [0.2, 0.25) is 5.91 Å². The minimum Gasteiger partial charge on any atom is -0.491 e. The molecule has 7 heteroatoms. The molecule has 1 aliphatic heterocycles. The zero-order valence-electron chi connectivity index (χ0n) is 20.5. The van der Waals surface area contributed by atoms with E-state index >= 15 is 0 Å². The number of halogens is 1. The van der Waals surface area contributed by atoms with E-state index in [9.17, 15) is 4.79 Å². The summed E-state index contributed by atoms with van der Waals surface area (Å²) in [4.78, 5) is 19.3. The lowest BCUT2D eigenvalue weighted by Crippen LogP contribution is -2.50. The number of benzene rings is 1. The molecule has 2 rings (SSSR count). The van der Waals surface area contributed by atoms with Gasteiger partial charge in [-0.05, 0) is 50.2 Å². The number of rotatable bonds is 10. The first kappa shape index (κ1) is 28.5. The van der Waals surface area contributed by atoms with Gasteiger partial charge < -0.3 is 20.3 Å². The fraction of sp³-hybridized carbons (Fsp3) is 0.680. The number of guanidine groups is 1. The summed E-state index contributed by atoms with van der Waals surface area (Å²) in [7, 11) is 0. The summed E-state index contributed by atoms with van der Waals surface area (Å²) in [5.74, 6) is 2.70. The van der Waals surface area contributed by atoms with Crippen LogP contribution in [0.4, 0.5) is 0 Å². The van der Waals surface area contributed by atoms with Gasteiger partial charge in [0.25, 0.3) is 0 Å². The summed E-state index contributed by atoms with van der Waals surface area (Å²) in [5, 5.41) is 6.88. The van der Waals surface area contributed by atoms with Crippen LogP contribution in [-0.2, 0) is 4.79 Å². The Balaban J connectivity index is 0.00000512. The first-order chi connectivity index (χ1) is 15.0. The molecule has 32 heavy (non-hydrogen) atoms. The van der Waals surface area contributed by atoms with Gasteiger partial charge in [-0.25, -0.2) is 4.99 Å². The number of carbonyl (C=O) groups excluding carboxylic acids is 1. The number of amides is 1. The van der Waals surface area contributed by atoms with E-state index in [4.69, 9.17) is 9.73 Å². The number of carbonyl (C=O) groups is 1. The molecule has 1 aliphatic rings. The molecule has 0 radical (unpaired) electrons. The number of para-hydroxylation sites is 1. The van der Waals surface area contributed by atoms with E-state index in [0.717, 1.165) is 57.0 Å². The van der Waals surface area contributed by atoms with Crippen LogP contribution >= 0.6 is 24.0 Å². The Morgan fingerprint density at radius 1 is 1.16 bits per heavy atom. The summed E-state index contributed by atoms with van der Waals surface area (Å²) in [6.45, 7) is 14.2. The van der Waals surface area contributed by atoms with E-state index in [0.29, 0.717) is 31.0 Å². The number of hydrogen-bond donors (Lipinski definition) is 2. The van der Waals surface area contributed by atoms with Crippen molar-refractivity contribution in [2.75, 3.05) is 32.8 Å². The second-order valence-corrected chi connectivity index (χ2v) is 8.56. The van der Waals surface area contributed by atoms with Gasteiger partial charge in [0.05, 0.1) is 6.54 Å². The van der Waals surface area contributed by atoms with Gasteiger partial charge in [0, 0.05) is 31.6 Å². The van der Waals surface area contributed by atoms with Crippen molar-refractivity contribution in [2.24, 2.45) is 10.9 Å². The number of piperidine rings is 1. The highest BCUT2D eigenvalue weighted by Crippen LogP contribution is 2.25. The SMILES string of the molecule is CCNC(=NCCOc1ccccc1C(C)C)NC1CCN(C(=O)C(CC)CC)CC1.I. The van der Waals surface area contributed by atoms with Gasteiger partial charge in [-0.2, -0.15) is 0 Å². The summed E-state index contributed by atoms with van der Waals surface area (Å²) in [5.41, 5.74) is 1.23. The summed E-state index contributed by atoms with van der Waals surface area (Å²) in [6, 6.07) is 8.55. The molecule has 0 atom stereocenters. The van der Waals surface area contributed by atoms with Gasteiger partial charge >= 0.3 is 0 Å². The monoisotopic (exact) mass is 558 g/mol. The van der Waals surface area contributed by atoms with Crippen LogP contribution in [-0.4, -0.2) is 55.6 Å². The van der Waals surface area contributed by atoms with Crippen molar-refractivity contribution in [3.05, 3.63) is 29.8 Å². The number of aliphatic imine (C=N–C) groups is 1. The van der Waals surface area contributed by atoms with Crippen LogP contribution < -0.4 is 15.4 Å². The summed E-state index contributed by atoms with van der Waals surface area (Å²) in [6.07, 6.45) is 3.76. The van der Waals surface area contributed by atoms with E-state index in [2.05, 4.69) is 57.4 Å². The van der Waals surface area contributed by atoms with Crippen molar-refractivity contribution < 1.29 is 9.53 Å². The number of likely N-dealkylation sites (tertiary alicyclic amines) is 1. The highest BCUT2D eigenvalue weighted by Gasteiger charge is 2.26. The third-order valence-electron chi connectivity index (χ3n) is 5.99. The van der Waals surface area contributed by atoms with E-state index in [-0.39, 0.29) is 29.9 Å². The zero-order chi connectivity index (χ0) is 22.6. The van der Waals surface area contributed by atoms with Crippen LogP contribution in [0.2, 0.25) is 0 Å². The molecule has 1 amide bonds. The second-order valence-electron chi connectivity index (χ2n) is 8.56. The highest BCUT2D eigenvalue weighted by atomic mass is 127. The highest BCUT2D eigenvalue weighted by molar-refractivity contribution is 14.0. The maximum absolute atomic E-state index is 12.6. The van der Waals surface area contributed by atoms with Gasteiger partial charge in [0.1, 0.15) is 12.4 Å². The fourth-order valence-corrected chi connectivity index (χ4v) is 4.06.